The van der Waals surface area contributed by atoms with Gasteiger partial charge in [-0.15, -0.1) is 11.3 Å². The van der Waals surface area contributed by atoms with Crippen LogP contribution in [0.5, 0.6) is 0 Å². The van der Waals surface area contributed by atoms with Crippen LogP contribution in [0.4, 0.5) is 10.9 Å². The molecule has 9 heteroatoms. The molecule has 1 fully saturated rings. The Kier molecular flexibility index (Phi) is 6.51. The molecular weight excluding hydrogens is 458 g/mol. The third kappa shape index (κ3) is 5.19. The lowest BCUT2D eigenvalue weighted by Crippen LogP contribution is -2.32. The van der Waals surface area contributed by atoms with Crippen molar-refractivity contribution in [1.82, 2.24) is 29.4 Å². The predicted octanol–water partition coefficient (Wildman–Crippen LogP) is 4.86. The highest BCUT2D eigenvalue weighted by Gasteiger charge is 2.29. The fourth-order valence-electron chi connectivity index (χ4n) is 4.67. The van der Waals surface area contributed by atoms with Crippen molar-refractivity contribution in [1.29, 1.82) is 0 Å². The third-order valence-corrected chi connectivity index (χ3v) is 7.12. The summed E-state index contributed by atoms with van der Waals surface area (Å²) in [5.74, 6) is 3.22. The normalized spacial score (nSPS) is 15.9. The number of hydrogen-bond donors (Lipinski definition) is 1. The van der Waals surface area contributed by atoms with Gasteiger partial charge < -0.3 is 14.8 Å². The summed E-state index contributed by atoms with van der Waals surface area (Å²) in [6.07, 6.45) is 3.58. The van der Waals surface area contributed by atoms with Gasteiger partial charge in [-0.1, -0.05) is 26.0 Å². The third-order valence-electron chi connectivity index (χ3n) is 6.29. The lowest BCUT2D eigenvalue weighted by molar-refractivity contribution is -0.130. The van der Waals surface area contributed by atoms with Crippen molar-refractivity contribution >= 4 is 39.2 Å². The quantitative estimate of drug-likeness (QED) is 0.399. The minimum absolute atomic E-state index is 0.128. The Morgan fingerprint density at radius 2 is 2.03 bits per heavy atom. The van der Waals surface area contributed by atoms with Gasteiger partial charge in [-0.05, 0) is 38.3 Å². The molecule has 1 aliphatic rings. The standard InChI is InChI=1S/C26H31N7OS/c1-16(2)11-24-30-20-7-5-6-8-22(20)33(24)15-25(34)32-10-9-19(14-32)21-12-23(29-18(4)28-21)31-26-27-13-17(3)35-26/h5-8,12-13,16,19H,9-11,14-15H2,1-4H3,(H,27,28,29,31)/t19-/m0/s1. The molecular formula is C26H31N7OS. The average molecular weight is 490 g/mol. The van der Waals surface area contributed by atoms with E-state index < -0.39 is 0 Å². The molecule has 4 aromatic rings. The van der Waals surface area contributed by atoms with Crippen LogP contribution in [0, 0.1) is 19.8 Å². The molecule has 0 aliphatic carbocycles. The van der Waals surface area contributed by atoms with E-state index in [-0.39, 0.29) is 11.8 Å². The van der Waals surface area contributed by atoms with Gasteiger partial charge in [-0.25, -0.2) is 19.9 Å². The van der Waals surface area contributed by atoms with Crippen LogP contribution in [-0.4, -0.2) is 48.4 Å². The molecule has 1 aromatic carbocycles. The van der Waals surface area contributed by atoms with Gasteiger partial charge in [0.25, 0.3) is 0 Å². The monoisotopic (exact) mass is 489 g/mol. The van der Waals surface area contributed by atoms with E-state index in [0.29, 0.717) is 24.8 Å². The summed E-state index contributed by atoms with van der Waals surface area (Å²) >= 11 is 1.59. The summed E-state index contributed by atoms with van der Waals surface area (Å²) in [5, 5.41) is 4.12. The second-order valence-electron chi connectivity index (χ2n) is 9.65. The lowest BCUT2D eigenvalue weighted by atomic mass is 10.0. The van der Waals surface area contributed by atoms with Gasteiger partial charge in [0, 0.05) is 42.6 Å². The number of fused-ring (bicyclic) bond motifs is 1. The highest BCUT2D eigenvalue weighted by atomic mass is 32.1. The predicted molar refractivity (Wildman–Crippen MR) is 139 cm³/mol. The zero-order valence-corrected chi connectivity index (χ0v) is 21.5. The van der Waals surface area contributed by atoms with Crippen LogP contribution < -0.4 is 5.32 Å². The molecule has 0 unspecified atom stereocenters. The SMILES string of the molecule is Cc1nc(Nc2ncc(C)s2)cc([C@H]2CCN(C(=O)Cn3c(CC(C)C)nc4ccccc43)C2)n1. The van der Waals surface area contributed by atoms with Gasteiger partial charge in [0.15, 0.2) is 5.13 Å². The zero-order valence-electron chi connectivity index (χ0n) is 20.7. The Hall–Kier alpha value is -3.33. The molecule has 1 N–H and O–H groups in total. The van der Waals surface area contributed by atoms with Crippen molar-refractivity contribution in [2.24, 2.45) is 5.92 Å². The molecule has 0 spiro atoms. The van der Waals surface area contributed by atoms with Crippen LogP contribution in [0.3, 0.4) is 0 Å². The number of imidazole rings is 1. The maximum Gasteiger partial charge on any atom is 0.242 e. The minimum Gasteiger partial charge on any atom is -0.340 e. The molecule has 0 bridgehead atoms. The summed E-state index contributed by atoms with van der Waals surface area (Å²) in [4.78, 5) is 34.9. The van der Waals surface area contributed by atoms with E-state index in [1.54, 1.807) is 11.3 Å². The van der Waals surface area contributed by atoms with Crippen molar-refractivity contribution in [3.8, 4) is 0 Å². The average Bonchev–Trinajstić information content (AvgIpc) is 3.53. The largest absolute Gasteiger partial charge is 0.340 e. The maximum absolute atomic E-state index is 13.4. The van der Waals surface area contributed by atoms with Crippen LogP contribution >= 0.6 is 11.3 Å². The van der Waals surface area contributed by atoms with E-state index in [1.807, 2.05) is 55.3 Å². The van der Waals surface area contributed by atoms with Gasteiger partial charge in [0.1, 0.15) is 24.0 Å². The number of amides is 1. The Labute approximate surface area is 209 Å². The maximum atomic E-state index is 13.4. The first-order valence-electron chi connectivity index (χ1n) is 12.1. The van der Waals surface area contributed by atoms with Gasteiger partial charge in [-0.2, -0.15) is 0 Å². The lowest BCUT2D eigenvalue weighted by Gasteiger charge is -2.19. The molecule has 0 saturated carbocycles. The minimum atomic E-state index is 0.128. The van der Waals surface area contributed by atoms with Crippen LogP contribution in [0.15, 0.2) is 36.5 Å². The number of nitrogens with one attached hydrogen (secondary N) is 1. The molecule has 3 aromatic heterocycles. The fourth-order valence-corrected chi connectivity index (χ4v) is 5.34. The Morgan fingerprint density at radius 3 is 2.80 bits per heavy atom. The molecule has 1 saturated heterocycles. The highest BCUT2D eigenvalue weighted by Crippen LogP contribution is 2.29. The molecule has 35 heavy (non-hydrogen) atoms. The van der Waals surface area contributed by atoms with Gasteiger partial charge in [0.2, 0.25) is 5.91 Å². The summed E-state index contributed by atoms with van der Waals surface area (Å²) in [5.41, 5.74) is 2.94. The first kappa shape index (κ1) is 23.4. The van der Waals surface area contributed by atoms with Crippen LogP contribution in [-0.2, 0) is 17.8 Å². The van der Waals surface area contributed by atoms with Crippen molar-refractivity contribution in [2.75, 3.05) is 18.4 Å². The first-order chi connectivity index (χ1) is 16.9. The molecule has 8 nitrogen and oxygen atoms in total. The number of para-hydroxylation sites is 2. The second kappa shape index (κ2) is 9.73. The number of aryl methyl sites for hydroxylation is 2. The number of nitrogens with zero attached hydrogens (tertiary/aromatic N) is 6. The van der Waals surface area contributed by atoms with Crippen LogP contribution in [0.1, 0.15) is 48.4 Å². The van der Waals surface area contributed by atoms with Crippen molar-refractivity contribution in [2.45, 2.75) is 53.0 Å². The van der Waals surface area contributed by atoms with E-state index >= 15 is 0 Å². The number of likely N-dealkylation sites (tertiary alicyclic amines) is 1. The number of anilines is 2. The van der Waals surface area contributed by atoms with Crippen molar-refractivity contribution in [3.05, 3.63) is 58.7 Å². The number of benzene rings is 1. The first-order valence-corrected chi connectivity index (χ1v) is 12.9. The Balaban J connectivity index is 1.31. The second-order valence-corrected chi connectivity index (χ2v) is 10.9. The van der Waals surface area contributed by atoms with Crippen LogP contribution in [0.2, 0.25) is 0 Å². The van der Waals surface area contributed by atoms with Gasteiger partial charge in [0.05, 0.1) is 16.7 Å². The highest BCUT2D eigenvalue weighted by molar-refractivity contribution is 7.15. The zero-order chi connectivity index (χ0) is 24.5. The molecule has 0 radical (unpaired) electrons. The molecule has 182 valence electrons. The summed E-state index contributed by atoms with van der Waals surface area (Å²) in [6, 6.07) is 10.1. The molecule has 4 heterocycles. The topological polar surface area (TPSA) is 88.8 Å². The van der Waals surface area contributed by atoms with Crippen LogP contribution in [0.25, 0.3) is 11.0 Å². The summed E-state index contributed by atoms with van der Waals surface area (Å²) in [7, 11) is 0. The van der Waals surface area contributed by atoms with E-state index in [4.69, 9.17) is 9.97 Å². The molecule has 5 rings (SSSR count). The van der Waals surface area contributed by atoms with Crippen molar-refractivity contribution < 1.29 is 4.79 Å². The summed E-state index contributed by atoms with van der Waals surface area (Å²) < 4.78 is 2.10. The number of carbonyl (C=O) groups is 1. The van der Waals surface area contributed by atoms with E-state index in [0.717, 1.165) is 57.8 Å². The molecule has 1 aliphatic heterocycles. The van der Waals surface area contributed by atoms with E-state index in [1.165, 1.54) is 0 Å². The van der Waals surface area contributed by atoms with Crippen molar-refractivity contribution in [3.63, 3.8) is 0 Å². The number of thiazole rings is 1. The molecule has 1 atom stereocenters. The number of carbonyl (C=O) groups excluding carboxylic acids is 1. The molecule has 1 amide bonds. The van der Waals surface area contributed by atoms with Gasteiger partial charge in [-0.3, -0.25) is 4.79 Å². The number of hydrogen-bond acceptors (Lipinski definition) is 7. The van der Waals surface area contributed by atoms with Gasteiger partial charge >= 0.3 is 0 Å². The Bertz CT molecular complexity index is 1360. The number of aromatic nitrogens is 5. The fraction of sp³-hybridized carbons (Fsp3) is 0.423. The van der Waals surface area contributed by atoms with E-state index in [2.05, 4.69) is 33.7 Å². The smallest absolute Gasteiger partial charge is 0.242 e. The number of rotatable bonds is 7. The Morgan fingerprint density at radius 1 is 1.20 bits per heavy atom. The van der Waals surface area contributed by atoms with E-state index in [9.17, 15) is 4.79 Å². The summed E-state index contributed by atoms with van der Waals surface area (Å²) in [6.45, 7) is 10.00.